The van der Waals surface area contributed by atoms with Crippen LogP contribution in [0.2, 0.25) is 10.0 Å². The zero-order chi connectivity index (χ0) is 14.7. The second-order valence-corrected chi connectivity index (χ2v) is 5.02. The van der Waals surface area contributed by atoms with Crippen molar-refractivity contribution in [3.05, 3.63) is 64.5 Å². The number of benzene rings is 2. The van der Waals surface area contributed by atoms with Gasteiger partial charge in [0.25, 0.3) is 5.89 Å². The summed E-state index contributed by atoms with van der Waals surface area (Å²) in [5.74, 6) is 1.20. The van der Waals surface area contributed by atoms with E-state index >= 15 is 0 Å². The first-order valence-electron chi connectivity index (χ1n) is 6.18. The lowest BCUT2D eigenvalue weighted by Gasteiger charge is -2.07. The van der Waals surface area contributed by atoms with Gasteiger partial charge in [0, 0.05) is 5.56 Å². The lowest BCUT2D eigenvalue weighted by molar-refractivity contribution is 0.265. The molecule has 0 bridgehead atoms. The molecule has 0 spiro atoms. The predicted molar refractivity (Wildman–Crippen MR) is 80.5 cm³/mol. The van der Waals surface area contributed by atoms with Crippen LogP contribution >= 0.6 is 23.2 Å². The highest BCUT2D eigenvalue weighted by Crippen LogP contribution is 2.32. The standard InChI is InChI=1S/C15H10Cl2N2O2/c16-11-7-4-8-12(17)14(11)20-9-13-18-19-15(21-13)10-5-2-1-3-6-10/h1-8H,9H2. The van der Waals surface area contributed by atoms with Gasteiger partial charge in [-0.05, 0) is 24.3 Å². The van der Waals surface area contributed by atoms with Gasteiger partial charge in [0.2, 0.25) is 5.89 Å². The van der Waals surface area contributed by atoms with Crippen molar-refractivity contribution in [1.29, 1.82) is 0 Å². The van der Waals surface area contributed by atoms with E-state index in [-0.39, 0.29) is 6.61 Å². The molecule has 106 valence electrons. The Balaban J connectivity index is 1.74. The average Bonchev–Trinajstić information content (AvgIpc) is 2.97. The van der Waals surface area contributed by atoms with Crippen molar-refractivity contribution in [3.63, 3.8) is 0 Å². The summed E-state index contributed by atoms with van der Waals surface area (Å²) >= 11 is 12.0. The number of hydrogen-bond acceptors (Lipinski definition) is 4. The van der Waals surface area contributed by atoms with Gasteiger partial charge in [0.1, 0.15) is 0 Å². The summed E-state index contributed by atoms with van der Waals surface area (Å²) in [5, 5.41) is 8.79. The summed E-state index contributed by atoms with van der Waals surface area (Å²) in [6.45, 7) is 0.100. The number of ether oxygens (including phenoxy) is 1. The fraction of sp³-hybridized carbons (Fsp3) is 0.0667. The quantitative estimate of drug-likeness (QED) is 0.703. The van der Waals surface area contributed by atoms with Crippen molar-refractivity contribution >= 4 is 23.2 Å². The van der Waals surface area contributed by atoms with Gasteiger partial charge in [-0.15, -0.1) is 10.2 Å². The third-order valence-corrected chi connectivity index (χ3v) is 3.34. The van der Waals surface area contributed by atoms with Crippen molar-refractivity contribution < 1.29 is 9.15 Å². The molecular weight excluding hydrogens is 311 g/mol. The highest BCUT2D eigenvalue weighted by atomic mass is 35.5. The summed E-state index contributed by atoms with van der Waals surface area (Å²) in [6.07, 6.45) is 0. The zero-order valence-corrected chi connectivity index (χ0v) is 12.3. The Morgan fingerprint density at radius 3 is 2.33 bits per heavy atom. The lowest BCUT2D eigenvalue weighted by atomic mass is 10.2. The van der Waals surface area contributed by atoms with Crippen LogP contribution in [0.4, 0.5) is 0 Å². The molecular formula is C15H10Cl2N2O2. The normalized spacial score (nSPS) is 10.6. The Morgan fingerprint density at radius 2 is 1.62 bits per heavy atom. The van der Waals surface area contributed by atoms with Gasteiger partial charge in [-0.2, -0.15) is 0 Å². The highest BCUT2D eigenvalue weighted by molar-refractivity contribution is 6.37. The van der Waals surface area contributed by atoms with E-state index in [2.05, 4.69) is 10.2 Å². The van der Waals surface area contributed by atoms with Gasteiger partial charge in [0.15, 0.2) is 12.4 Å². The van der Waals surface area contributed by atoms with E-state index in [0.717, 1.165) is 5.56 Å². The monoisotopic (exact) mass is 320 g/mol. The van der Waals surface area contributed by atoms with Gasteiger partial charge in [-0.1, -0.05) is 47.5 Å². The van der Waals surface area contributed by atoms with Crippen LogP contribution in [0, 0.1) is 0 Å². The predicted octanol–water partition coefficient (Wildman–Crippen LogP) is 4.62. The molecule has 3 aromatic rings. The molecule has 0 N–H and O–H groups in total. The van der Waals surface area contributed by atoms with Gasteiger partial charge in [-0.25, -0.2) is 0 Å². The Labute approximate surface area is 131 Å². The highest BCUT2D eigenvalue weighted by Gasteiger charge is 2.11. The largest absolute Gasteiger partial charge is 0.481 e. The van der Waals surface area contributed by atoms with E-state index in [4.69, 9.17) is 32.4 Å². The zero-order valence-electron chi connectivity index (χ0n) is 10.8. The van der Waals surface area contributed by atoms with Gasteiger partial charge in [0.05, 0.1) is 10.0 Å². The van der Waals surface area contributed by atoms with Crippen LogP contribution in [0.25, 0.3) is 11.5 Å². The molecule has 0 aliphatic rings. The van der Waals surface area contributed by atoms with Crippen molar-refractivity contribution in [3.8, 4) is 17.2 Å². The number of aromatic nitrogens is 2. The van der Waals surface area contributed by atoms with E-state index < -0.39 is 0 Å². The summed E-state index contributed by atoms with van der Waals surface area (Å²) in [7, 11) is 0. The third kappa shape index (κ3) is 3.17. The molecule has 0 saturated carbocycles. The molecule has 0 unspecified atom stereocenters. The van der Waals surface area contributed by atoms with Crippen molar-refractivity contribution in [2.24, 2.45) is 0 Å². The van der Waals surface area contributed by atoms with E-state index in [0.29, 0.717) is 27.6 Å². The maximum Gasteiger partial charge on any atom is 0.254 e. The van der Waals surface area contributed by atoms with Gasteiger partial charge >= 0.3 is 0 Å². The molecule has 21 heavy (non-hydrogen) atoms. The Kier molecular flexibility index (Phi) is 4.08. The smallest absolute Gasteiger partial charge is 0.254 e. The van der Waals surface area contributed by atoms with Crippen LogP contribution in [0.5, 0.6) is 5.75 Å². The molecule has 1 aromatic heterocycles. The minimum atomic E-state index is 0.100. The SMILES string of the molecule is Clc1cccc(Cl)c1OCc1nnc(-c2ccccc2)o1. The lowest BCUT2D eigenvalue weighted by Crippen LogP contribution is -1.96. The molecule has 6 heteroatoms. The van der Waals surface area contributed by atoms with Crippen LogP contribution < -0.4 is 4.74 Å². The van der Waals surface area contributed by atoms with Crippen LogP contribution in [0.15, 0.2) is 52.9 Å². The molecule has 2 aromatic carbocycles. The number of para-hydroxylation sites is 1. The topological polar surface area (TPSA) is 48.2 Å². The van der Waals surface area contributed by atoms with E-state index in [9.17, 15) is 0 Å². The van der Waals surface area contributed by atoms with Crippen molar-refractivity contribution in [2.45, 2.75) is 6.61 Å². The van der Waals surface area contributed by atoms with E-state index in [1.807, 2.05) is 30.3 Å². The molecule has 3 rings (SSSR count). The second-order valence-electron chi connectivity index (χ2n) is 4.21. The minimum Gasteiger partial charge on any atom is -0.481 e. The molecule has 0 aliphatic heterocycles. The molecule has 0 fully saturated rings. The summed E-state index contributed by atoms with van der Waals surface area (Å²) in [6, 6.07) is 14.7. The van der Waals surface area contributed by atoms with Crippen molar-refractivity contribution in [2.75, 3.05) is 0 Å². The summed E-state index contributed by atoms with van der Waals surface area (Å²) in [5.41, 5.74) is 0.854. The van der Waals surface area contributed by atoms with Crippen LogP contribution in [-0.4, -0.2) is 10.2 Å². The van der Waals surface area contributed by atoms with Gasteiger partial charge < -0.3 is 9.15 Å². The number of nitrogens with zero attached hydrogens (tertiary/aromatic N) is 2. The Morgan fingerprint density at radius 1 is 0.905 bits per heavy atom. The van der Waals surface area contributed by atoms with E-state index in [1.165, 1.54) is 0 Å². The van der Waals surface area contributed by atoms with Crippen molar-refractivity contribution in [1.82, 2.24) is 10.2 Å². The third-order valence-electron chi connectivity index (χ3n) is 2.75. The molecule has 0 saturated heterocycles. The Bertz CT molecular complexity index is 724. The van der Waals surface area contributed by atoms with Crippen LogP contribution in [0.1, 0.15) is 5.89 Å². The number of rotatable bonds is 4. The maximum absolute atomic E-state index is 6.02. The first-order valence-corrected chi connectivity index (χ1v) is 6.94. The van der Waals surface area contributed by atoms with Gasteiger partial charge in [-0.3, -0.25) is 0 Å². The summed E-state index contributed by atoms with van der Waals surface area (Å²) < 4.78 is 11.1. The number of halogens is 2. The Hall–Kier alpha value is -2.04. The average molecular weight is 321 g/mol. The molecule has 4 nitrogen and oxygen atoms in total. The maximum atomic E-state index is 6.02. The minimum absolute atomic E-state index is 0.100. The molecule has 0 aliphatic carbocycles. The fourth-order valence-corrected chi connectivity index (χ4v) is 2.27. The molecule has 0 amide bonds. The molecule has 0 atom stereocenters. The first-order chi connectivity index (χ1) is 10.2. The second kappa shape index (κ2) is 6.16. The van der Waals surface area contributed by atoms with Crippen LogP contribution in [-0.2, 0) is 6.61 Å². The van der Waals surface area contributed by atoms with E-state index in [1.54, 1.807) is 18.2 Å². The first kappa shape index (κ1) is 13.9. The van der Waals surface area contributed by atoms with Crippen LogP contribution in [0.3, 0.4) is 0 Å². The molecule has 1 heterocycles. The molecule has 0 radical (unpaired) electrons. The number of hydrogen-bond donors (Lipinski definition) is 0. The summed E-state index contributed by atoms with van der Waals surface area (Å²) in [4.78, 5) is 0. The fourth-order valence-electron chi connectivity index (χ4n) is 1.76.